The third-order valence-electron chi connectivity index (χ3n) is 3.29. The minimum Gasteiger partial charge on any atom is -0.302 e. The van der Waals surface area contributed by atoms with Gasteiger partial charge >= 0.3 is 0 Å². The molecule has 1 aromatic heterocycles. The molecule has 0 amide bonds. The molecule has 1 aromatic carbocycles. The average Bonchev–Trinajstić information content (AvgIpc) is 2.93. The summed E-state index contributed by atoms with van der Waals surface area (Å²) in [5.74, 6) is 1.20. The molecule has 0 aliphatic carbocycles. The third kappa shape index (κ3) is 2.46. The summed E-state index contributed by atoms with van der Waals surface area (Å²) in [5, 5.41) is 3.73. The molecule has 2 heterocycles. The molecule has 0 radical (unpaired) electrons. The normalized spacial score (nSPS) is 20.4. The van der Waals surface area contributed by atoms with Gasteiger partial charge in [-0.05, 0) is 30.7 Å². The van der Waals surface area contributed by atoms with Crippen LogP contribution in [-0.2, 0) is 0 Å². The molecule has 2 aromatic rings. The highest BCUT2D eigenvalue weighted by Gasteiger charge is 2.22. The number of fused-ring (bicyclic) bond motifs is 1. The summed E-state index contributed by atoms with van der Waals surface area (Å²) in [6.07, 6.45) is 3.16. The van der Waals surface area contributed by atoms with E-state index in [1.165, 1.54) is 27.5 Å². The first-order chi connectivity index (χ1) is 8.84. The summed E-state index contributed by atoms with van der Waals surface area (Å²) in [4.78, 5) is 6.89. The fourth-order valence-electron chi connectivity index (χ4n) is 2.34. The Hall–Kier alpha value is -0.840. The van der Waals surface area contributed by atoms with Gasteiger partial charge in [0.2, 0.25) is 0 Å². The number of nitrogens with one attached hydrogen (secondary N) is 1. The van der Waals surface area contributed by atoms with Crippen molar-refractivity contribution in [3.8, 4) is 0 Å². The predicted molar refractivity (Wildman–Crippen MR) is 78.2 cm³/mol. The number of thiazole rings is 1. The smallest absolute Gasteiger partial charge is 0.0794 e. The zero-order chi connectivity index (χ0) is 12.4. The Labute approximate surface area is 116 Å². The van der Waals surface area contributed by atoms with E-state index in [4.69, 9.17) is 0 Å². The first kappa shape index (κ1) is 12.2. The molecule has 3 rings (SSSR count). The van der Waals surface area contributed by atoms with E-state index in [-0.39, 0.29) is 0 Å². The van der Waals surface area contributed by atoms with Gasteiger partial charge in [-0.1, -0.05) is 18.2 Å². The van der Waals surface area contributed by atoms with Gasteiger partial charge in [0.15, 0.2) is 0 Å². The Morgan fingerprint density at radius 3 is 3.11 bits per heavy atom. The number of aromatic nitrogens is 1. The van der Waals surface area contributed by atoms with Crippen LogP contribution in [0.25, 0.3) is 0 Å². The third-order valence-corrected chi connectivity index (χ3v) is 5.37. The Balaban J connectivity index is 1.78. The quantitative estimate of drug-likeness (QED) is 0.916. The molecule has 18 heavy (non-hydrogen) atoms. The summed E-state index contributed by atoms with van der Waals surface area (Å²) in [5.41, 5.74) is 3.35. The number of benzene rings is 1. The highest BCUT2D eigenvalue weighted by atomic mass is 32.2. The molecule has 1 aliphatic rings. The van der Waals surface area contributed by atoms with E-state index in [1.807, 2.05) is 23.5 Å². The largest absolute Gasteiger partial charge is 0.302 e. The van der Waals surface area contributed by atoms with Crippen molar-refractivity contribution in [3.05, 3.63) is 46.4 Å². The van der Waals surface area contributed by atoms with Crippen molar-refractivity contribution in [1.29, 1.82) is 0 Å². The van der Waals surface area contributed by atoms with E-state index >= 15 is 0 Å². The lowest BCUT2D eigenvalue weighted by molar-refractivity contribution is 0.454. The zero-order valence-corrected chi connectivity index (χ0v) is 11.9. The van der Waals surface area contributed by atoms with Crippen molar-refractivity contribution in [3.63, 3.8) is 0 Å². The molecule has 0 spiro atoms. The molecule has 2 atom stereocenters. The monoisotopic (exact) mass is 276 g/mol. The van der Waals surface area contributed by atoms with Gasteiger partial charge in [0.25, 0.3) is 0 Å². The maximum Gasteiger partial charge on any atom is 0.0794 e. The molecular weight excluding hydrogens is 260 g/mol. The molecule has 0 saturated heterocycles. The lowest BCUT2D eigenvalue weighted by Crippen LogP contribution is -2.26. The van der Waals surface area contributed by atoms with Crippen LogP contribution in [0, 0.1) is 0 Å². The van der Waals surface area contributed by atoms with Gasteiger partial charge in [0, 0.05) is 28.1 Å². The SMILES string of the molecule is CC(NC1CCSc2ccccc21)c1cncs1. The minimum absolute atomic E-state index is 0.374. The number of nitrogens with zero attached hydrogens (tertiary/aromatic N) is 1. The van der Waals surface area contributed by atoms with E-state index in [1.54, 1.807) is 11.3 Å². The van der Waals surface area contributed by atoms with Crippen LogP contribution < -0.4 is 5.32 Å². The van der Waals surface area contributed by atoms with Gasteiger partial charge in [-0.2, -0.15) is 0 Å². The zero-order valence-electron chi connectivity index (χ0n) is 10.3. The number of rotatable bonds is 3. The number of hydrogen-bond acceptors (Lipinski definition) is 4. The number of hydrogen-bond donors (Lipinski definition) is 1. The first-order valence-electron chi connectivity index (χ1n) is 6.21. The molecule has 1 aliphatic heterocycles. The molecule has 0 saturated carbocycles. The second-order valence-electron chi connectivity index (χ2n) is 4.52. The molecule has 2 nitrogen and oxygen atoms in total. The molecule has 94 valence electrons. The van der Waals surface area contributed by atoms with Crippen molar-refractivity contribution < 1.29 is 0 Å². The molecule has 1 N–H and O–H groups in total. The molecule has 0 fully saturated rings. The summed E-state index contributed by atoms with van der Waals surface area (Å²) in [6, 6.07) is 9.58. The fraction of sp³-hybridized carbons (Fsp3) is 0.357. The van der Waals surface area contributed by atoms with Gasteiger partial charge in [0.05, 0.1) is 5.51 Å². The summed E-state index contributed by atoms with van der Waals surface area (Å²) in [7, 11) is 0. The summed E-state index contributed by atoms with van der Waals surface area (Å²) >= 11 is 3.69. The lowest BCUT2D eigenvalue weighted by atomic mass is 10.0. The molecule has 2 unspecified atom stereocenters. The Morgan fingerprint density at radius 1 is 1.39 bits per heavy atom. The van der Waals surface area contributed by atoms with Crippen LogP contribution in [0.15, 0.2) is 40.9 Å². The summed E-state index contributed by atoms with van der Waals surface area (Å²) in [6.45, 7) is 2.22. The first-order valence-corrected chi connectivity index (χ1v) is 8.07. The fourth-order valence-corrected chi connectivity index (χ4v) is 4.10. The maximum atomic E-state index is 4.16. The van der Waals surface area contributed by atoms with E-state index in [2.05, 4.69) is 41.5 Å². The van der Waals surface area contributed by atoms with E-state index in [0.717, 1.165) is 0 Å². The standard InChI is InChI=1S/C14H16N2S2/c1-10(14-8-15-9-18-14)16-12-6-7-17-13-5-3-2-4-11(12)13/h2-5,8-10,12,16H,6-7H2,1H3. The van der Waals surface area contributed by atoms with E-state index < -0.39 is 0 Å². The second-order valence-corrected chi connectivity index (χ2v) is 6.57. The van der Waals surface area contributed by atoms with Crippen LogP contribution in [0.3, 0.4) is 0 Å². The van der Waals surface area contributed by atoms with Crippen LogP contribution in [-0.4, -0.2) is 10.7 Å². The maximum absolute atomic E-state index is 4.16. The van der Waals surface area contributed by atoms with Crippen molar-refractivity contribution >= 4 is 23.1 Å². The minimum atomic E-state index is 0.374. The topological polar surface area (TPSA) is 24.9 Å². The van der Waals surface area contributed by atoms with Crippen LogP contribution in [0.2, 0.25) is 0 Å². The Kier molecular flexibility index (Phi) is 3.68. The van der Waals surface area contributed by atoms with Crippen molar-refractivity contribution in [2.45, 2.75) is 30.3 Å². The van der Waals surface area contributed by atoms with Gasteiger partial charge < -0.3 is 5.32 Å². The molecular formula is C14H16N2S2. The van der Waals surface area contributed by atoms with E-state index in [9.17, 15) is 0 Å². The molecule has 4 heteroatoms. The lowest BCUT2D eigenvalue weighted by Gasteiger charge is -2.28. The van der Waals surface area contributed by atoms with Crippen LogP contribution in [0.4, 0.5) is 0 Å². The Bertz CT molecular complexity index is 510. The van der Waals surface area contributed by atoms with Crippen LogP contribution in [0.1, 0.15) is 35.9 Å². The number of thioether (sulfide) groups is 1. The van der Waals surface area contributed by atoms with Gasteiger partial charge in [-0.15, -0.1) is 23.1 Å². The average molecular weight is 276 g/mol. The van der Waals surface area contributed by atoms with Crippen molar-refractivity contribution in [2.24, 2.45) is 0 Å². The van der Waals surface area contributed by atoms with Gasteiger partial charge in [0.1, 0.15) is 0 Å². The predicted octanol–water partition coefficient (Wildman–Crippen LogP) is 4.03. The Morgan fingerprint density at radius 2 is 2.28 bits per heavy atom. The van der Waals surface area contributed by atoms with Gasteiger partial charge in [-0.25, -0.2) is 0 Å². The van der Waals surface area contributed by atoms with Gasteiger partial charge in [-0.3, -0.25) is 4.98 Å². The van der Waals surface area contributed by atoms with Crippen molar-refractivity contribution in [1.82, 2.24) is 10.3 Å². The summed E-state index contributed by atoms with van der Waals surface area (Å²) < 4.78 is 0. The molecule has 0 bridgehead atoms. The van der Waals surface area contributed by atoms with E-state index in [0.29, 0.717) is 12.1 Å². The van der Waals surface area contributed by atoms with Crippen LogP contribution in [0.5, 0.6) is 0 Å². The highest BCUT2D eigenvalue weighted by molar-refractivity contribution is 7.99. The van der Waals surface area contributed by atoms with Crippen LogP contribution >= 0.6 is 23.1 Å². The highest BCUT2D eigenvalue weighted by Crippen LogP contribution is 2.37. The second kappa shape index (κ2) is 5.43. The van der Waals surface area contributed by atoms with Crippen molar-refractivity contribution in [2.75, 3.05) is 5.75 Å².